The summed E-state index contributed by atoms with van der Waals surface area (Å²) in [6.07, 6.45) is 2.37. The van der Waals surface area contributed by atoms with Gasteiger partial charge in [-0.3, -0.25) is 9.59 Å². The van der Waals surface area contributed by atoms with Gasteiger partial charge in [0, 0.05) is 24.0 Å². The summed E-state index contributed by atoms with van der Waals surface area (Å²) in [5.41, 5.74) is 3.25. The molecular weight excluding hydrogens is 420 g/mol. The Balaban J connectivity index is 2.20. The van der Waals surface area contributed by atoms with Gasteiger partial charge in [0.25, 0.3) is 0 Å². The van der Waals surface area contributed by atoms with Crippen molar-refractivity contribution in [1.29, 1.82) is 0 Å². The fourth-order valence-corrected chi connectivity index (χ4v) is 3.83. The summed E-state index contributed by atoms with van der Waals surface area (Å²) in [5, 5.41) is 3.64. The molecule has 0 unspecified atom stereocenters. The molecule has 2 atom stereocenters. The number of aryl methyl sites for hydroxylation is 1. The number of carbonyl (C=O) groups excluding carboxylic acids is 2. The maximum atomic E-state index is 13.4. The first-order valence-corrected chi connectivity index (χ1v) is 12.1. The van der Waals surface area contributed by atoms with Gasteiger partial charge in [-0.15, -0.1) is 0 Å². The molecule has 0 saturated heterocycles. The summed E-state index contributed by atoms with van der Waals surface area (Å²) in [6.45, 7) is 10.6. The smallest absolute Gasteiger partial charge is 0.243 e. The molecule has 32 heavy (non-hydrogen) atoms. The van der Waals surface area contributed by atoms with Gasteiger partial charge in [0.1, 0.15) is 6.04 Å². The third-order valence-corrected chi connectivity index (χ3v) is 6.33. The number of nitrogens with one attached hydrogen (secondary N) is 1. The Morgan fingerprint density at radius 3 is 2.19 bits per heavy atom. The van der Waals surface area contributed by atoms with Gasteiger partial charge in [-0.05, 0) is 54.9 Å². The van der Waals surface area contributed by atoms with Crippen LogP contribution in [0.4, 0.5) is 0 Å². The minimum Gasteiger partial charge on any atom is -0.352 e. The van der Waals surface area contributed by atoms with Gasteiger partial charge in [-0.25, -0.2) is 0 Å². The molecule has 0 fully saturated rings. The van der Waals surface area contributed by atoms with Crippen molar-refractivity contribution in [2.24, 2.45) is 0 Å². The molecule has 0 aliphatic carbocycles. The fourth-order valence-electron chi connectivity index (χ4n) is 3.63. The maximum Gasteiger partial charge on any atom is 0.243 e. The highest BCUT2D eigenvalue weighted by Gasteiger charge is 2.29. The third-order valence-electron chi connectivity index (χ3n) is 5.96. The lowest BCUT2D eigenvalue weighted by Crippen LogP contribution is -2.50. The van der Waals surface area contributed by atoms with Crippen LogP contribution < -0.4 is 5.32 Å². The Morgan fingerprint density at radius 1 is 0.969 bits per heavy atom. The molecule has 0 aliphatic rings. The number of amides is 2. The molecule has 0 spiro atoms. The fraction of sp³-hybridized carbons (Fsp3) is 0.481. The van der Waals surface area contributed by atoms with Crippen LogP contribution in [0, 0.1) is 0 Å². The molecule has 0 radical (unpaired) electrons. The summed E-state index contributed by atoms with van der Waals surface area (Å²) in [5.74, 6) is 0.332. The van der Waals surface area contributed by atoms with Crippen LogP contribution in [0.3, 0.4) is 0 Å². The van der Waals surface area contributed by atoms with E-state index in [1.807, 2.05) is 45.0 Å². The molecule has 1 N–H and O–H groups in total. The predicted octanol–water partition coefficient (Wildman–Crippen LogP) is 6.12. The summed E-state index contributed by atoms with van der Waals surface area (Å²) < 4.78 is 0. The van der Waals surface area contributed by atoms with E-state index >= 15 is 0 Å². The first-order valence-electron chi connectivity index (χ1n) is 11.7. The molecular formula is C27H37ClN2O2. The van der Waals surface area contributed by atoms with Crippen molar-refractivity contribution < 1.29 is 9.59 Å². The number of hydrogen-bond donors (Lipinski definition) is 1. The molecule has 0 saturated carbocycles. The molecule has 0 heterocycles. The standard InChI is InChI=1S/C27H37ClN2O2/c1-6-20(5)29-27(32)25(7-2)30(18-23-10-8-9-11-24(23)28)26(31)17-14-21-12-15-22(16-13-21)19(3)4/h8-13,15-16,19-20,25H,6-7,14,17-18H2,1-5H3,(H,29,32)/t20-,25+/m0/s1. The molecule has 4 nitrogen and oxygen atoms in total. The van der Waals surface area contributed by atoms with Crippen molar-refractivity contribution in [3.8, 4) is 0 Å². The molecule has 0 aromatic heterocycles. The van der Waals surface area contributed by atoms with E-state index in [9.17, 15) is 9.59 Å². The highest BCUT2D eigenvalue weighted by atomic mass is 35.5. The summed E-state index contributed by atoms with van der Waals surface area (Å²) >= 11 is 6.38. The number of carbonyl (C=O) groups is 2. The van der Waals surface area contributed by atoms with Crippen LogP contribution in [-0.4, -0.2) is 28.8 Å². The number of nitrogens with zero attached hydrogens (tertiary/aromatic N) is 1. The lowest BCUT2D eigenvalue weighted by molar-refractivity contribution is -0.141. The first-order chi connectivity index (χ1) is 15.3. The second kappa shape index (κ2) is 12.6. The monoisotopic (exact) mass is 456 g/mol. The van der Waals surface area contributed by atoms with Crippen LogP contribution in [0.25, 0.3) is 0 Å². The predicted molar refractivity (Wildman–Crippen MR) is 133 cm³/mol. The number of rotatable bonds is 11. The second-order valence-corrected chi connectivity index (χ2v) is 9.16. The number of benzene rings is 2. The Bertz CT molecular complexity index is 879. The zero-order valence-electron chi connectivity index (χ0n) is 20.0. The average molecular weight is 457 g/mol. The Kier molecular flexibility index (Phi) is 10.2. The maximum absolute atomic E-state index is 13.4. The minimum atomic E-state index is -0.531. The van der Waals surface area contributed by atoms with E-state index in [4.69, 9.17) is 11.6 Å². The lowest BCUT2D eigenvalue weighted by atomic mass is 10.00. The van der Waals surface area contributed by atoms with Crippen LogP contribution in [0.15, 0.2) is 48.5 Å². The molecule has 5 heteroatoms. The quantitative estimate of drug-likeness (QED) is 0.443. The van der Waals surface area contributed by atoms with E-state index in [1.165, 1.54) is 5.56 Å². The van der Waals surface area contributed by atoms with E-state index in [1.54, 1.807) is 4.90 Å². The zero-order chi connectivity index (χ0) is 23.7. The van der Waals surface area contributed by atoms with Crippen molar-refractivity contribution in [2.75, 3.05) is 0 Å². The normalized spacial score (nSPS) is 13.0. The Labute approximate surface area is 198 Å². The SMILES string of the molecule is CC[C@H](C(=O)N[C@@H](C)CC)N(Cc1ccccc1Cl)C(=O)CCc1ccc(C(C)C)cc1. The van der Waals surface area contributed by atoms with Crippen LogP contribution >= 0.6 is 11.6 Å². The Morgan fingerprint density at radius 2 is 1.62 bits per heavy atom. The molecule has 2 amide bonds. The second-order valence-electron chi connectivity index (χ2n) is 8.75. The van der Waals surface area contributed by atoms with E-state index < -0.39 is 6.04 Å². The third kappa shape index (κ3) is 7.37. The molecule has 174 valence electrons. The molecule has 0 bridgehead atoms. The minimum absolute atomic E-state index is 0.0380. The highest BCUT2D eigenvalue weighted by molar-refractivity contribution is 6.31. The van der Waals surface area contributed by atoms with Gasteiger partial charge < -0.3 is 10.2 Å². The average Bonchev–Trinajstić information content (AvgIpc) is 2.78. The Hall–Kier alpha value is -2.33. The van der Waals surface area contributed by atoms with E-state index in [2.05, 4.69) is 43.4 Å². The van der Waals surface area contributed by atoms with Crippen molar-refractivity contribution in [3.63, 3.8) is 0 Å². The zero-order valence-corrected chi connectivity index (χ0v) is 20.8. The van der Waals surface area contributed by atoms with Crippen molar-refractivity contribution in [3.05, 3.63) is 70.2 Å². The topological polar surface area (TPSA) is 49.4 Å². The van der Waals surface area contributed by atoms with Crippen molar-refractivity contribution in [2.45, 2.75) is 84.8 Å². The summed E-state index contributed by atoms with van der Waals surface area (Å²) in [6, 6.07) is 15.5. The van der Waals surface area contributed by atoms with Crippen LogP contribution in [0.2, 0.25) is 5.02 Å². The largest absolute Gasteiger partial charge is 0.352 e. The van der Waals surface area contributed by atoms with Crippen molar-refractivity contribution >= 4 is 23.4 Å². The van der Waals surface area contributed by atoms with Gasteiger partial charge in [0.15, 0.2) is 0 Å². The number of hydrogen-bond acceptors (Lipinski definition) is 2. The van der Waals surface area contributed by atoms with Gasteiger partial charge in [-0.1, -0.05) is 81.8 Å². The number of halogens is 1. The summed E-state index contributed by atoms with van der Waals surface area (Å²) in [4.78, 5) is 28.1. The van der Waals surface area contributed by atoms with E-state index in [0.29, 0.717) is 36.7 Å². The van der Waals surface area contributed by atoms with E-state index in [-0.39, 0.29) is 17.9 Å². The van der Waals surface area contributed by atoms with Crippen molar-refractivity contribution in [1.82, 2.24) is 10.2 Å². The van der Waals surface area contributed by atoms with Gasteiger partial charge >= 0.3 is 0 Å². The molecule has 2 aromatic carbocycles. The van der Waals surface area contributed by atoms with Crippen LogP contribution in [-0.2, 0) is 22.6 Å². The first kappa shape index (κ1) is 25.9. The molecule has 0 aliphatic heterocycles. The van der Waals surface area contributed by atoms with Gasteiger partial charge in [0.2, 0.25) is 11.8 Å². The highest BCUT2D eigenvalue weighted by Crippen LogP contribution is 2.21. The van der Waals surface area contributed by atoms with Gasteiger partial charge in [0.05, 0.1) is 0 Å². The van der Waals surface area contributed by atoms with E-state index in [0.717, 1.165) is 17.5 Å². The van der Waals surface area contributed by atoms with Gasteiger partial charge in [-0.2, -0.15) is 0 Å². The summed E-state index contributed by atoms with van der Waals surface area (Å²) in [7, 11) is 0. The lowest BCUT2D eigenvalue weighted by Gasteiger charge is -2.32. The van der Waals surface area contributed by atoms with Crippen LogP contribution in [0.5, 0.6) is 0 Å². The van der Waals surface area contributed by atoms with Crippen LogP contribution in [0.1, 0.15) is 76.5 Å². The molecule has 2 aromatic rings. The molecule has 2 rings (SSSR count).